The Kier molecular flexibility index (Phi) is 8.44. The van der Waals surface area contributed by atoms with E-state index in [0.29, 0.717) is 33.4 Å². The van der Waals surface area contributed by atoms with Crippen molar-refractivity contribution in [2.24, 2.45) is 0 Å². The minimum atomic E-state index is -0.0887. The van der Waals surface area contributed by atoms with Gasteiger partial charge in [0.15, 0.2) is 0 Å². The number of nitrogens with zero attached hydrogens (tertiary/aromatic N) is 2. The Hall–Kier alpha value is -4.28. The molecule has 1 aromatic heterocycles. The third kappa shape index (κ3) is 6.11. The molecule has 1 amide bonds. The van der Waals surface area contributed by atoms with Crippen LogP contribution in [0.2, 0.25) is 0 Å². The lowest BCUT2D eigenvalue weighted by atomic mass is 9.98. The number of benzene rings is 3. The number of pyridine rings is 1. The van der Waals surface area contributed by atoms with E-state index in [1.807, 2.05) is 85.8 Å². The number of aromatic nitrogens is 1. The van der Waals surface area contributed by atoms with Crippen LogP contribution in [0, 0.1) is 18.3 Å². The number of anilines is 1. The number of amides is 1. The Morgan fingerprint density at radius 2 is 1.73 bits per heavy atom. The van der Waals surface area contributed by atoms with E-state index in [1.54, 1.807) is 14.2 Å². The van der Waals surface area contributed by atoms with Crippen LogP contribution in [0.15, 0.2) is 83.9 Å². The minimum absolute atomic E-state index is 0.0887. The average Bonchev–Trinajstić information content (AvgIpc) is 2.94. The lowest BCUT2D eigenvalue weighted by Gasteiger charge is -2.16. The first-order valence-electron chi connectivity index (χ1n) is 11.7. The Morgan fingerprint density at radius 3 is 2.43 bits per heavy atom. The Balaban J connectivity index is 1.69. The number of para-hydroxylation sites is 1. The predicted octanol–water partition coefficient (Wildman–Crippen LogP) is 6.73. The molecule has 0 aliphatic rings. The SMILES string of the molecule is COc1ccc(OC)c(-c2cc(-c3ccccc3)nc(SCCC(=O)Nc3ccccc3C)c2C#N)c1. The zero-order chi connectivity index (χ0) is 26.2. The number of nitrogens with one attached hydrogen (secondary N) is 1. The molecule has 0 atom stereocenters. The van der Waals surface area contributed by atoms with Gasteiger partial charge in [0.05, 0.1) is 25.5 Å². The van der Waals surface area contributed by atoms with Gasteiger partial charge < -0.3 is 14.8 Å². The molecule has 0 aliphatic carbocycles. The van der Waals surface area contributed by atoms with Crippen LogP contribution in [-0.4, -0.2) is 30.9 Å². The van der Waals surface area contributed by atoms with Crippen molar-refractivity contribution < 1.29 is 14.3 Å². The van der Waals surface area contributed by atoms with Crippen molar-refractivity contribution in [3.8, 4) is 40.0 Å². The van der Waals surface area contributed by atoms with E-state index in [4.69, 9.17) is 14.5 Å². The topological polar surface area (TPSA) is 84.2 Å². The summed E-state index contributed by atoms with van der Waals surface area (Å²) in [6.45, 7) is 1.96. The van der Waals surface area contributed by atoms with Gasteiger partial charge in [0.25, 0.3) is 0 Å². The summed E-state index contributed by atoms with van der Waals surface area (Å²) < 4.78 is 11.1. The highest BCUT2D eigenvalue weighted by Gasteiger charge is 2.19. The first-order valence-corrected chi connectivity index (χ1v) is 12.7. The maximum atomic E-state index is 12.6. The summed E-state index contributed by atoms with van der Waals surface area (Å²) in [5, 5.41) is 13.7. The summed E-state index contributed by atoms with van der Waals surface area (Å²) >= 11 is 1.39. The van der Waals surface area contributed by atoms with Gasteiger partial charge in [-0.2, -0.15) is 5.26 Å². The highest BCUT2D eigenvalue weighted by molar-refractivity contribution is 7.99. The van der Waals surface area contributed by atoms with E-state index in [2.05, 4.69) is 11.4 Å². The molecule has 0 radical (unpaired) electrons. The fourth-order valence-electron chi connectivity index (χ4n) is 3.89. The van der Waals surface area contributed by atoms with Crippen LogP contribution in [0.1, 0.15) is 17.5 Å². The predicted molar refractivity (Wildman–Crippen MR) is 148 cm³/mol. The second kappa shape index (κ2) is 12.1. The van der Waals surface area contributed by atoms with Crippen molar-refractivity contribution in [1.29, 1.82) is 5.26 Å². The second-order valence-corrected chi connectivity index (χ2v) is 9.32. The van der Waals surface area contributed by atoms with Crippen molar-refractivity contribution in [3.05, 3.63) is 90.0 Å². The molecule has 0 spiro atoms. The van der Waals surface area contributed by atoms with E-state index in [0.717, 1.165) is 28.1 Å². The molecule has 7 heteroatoms. The summed E-state index contributed by atoms with van der Waals surface area (Å²) in [5.41, 5.74) is 5.31. The number of methoxy groups -OCH3 is 2. The van der Waals surface area contributed by atoms with Gasteiger partial charge in [-0.3, -0.25) is 4.79 Å². The van der Waals surface area contributed by atoms with Crippen molar-refractivity contribution >= 4 is 23.4 Å². The Labute approximate surface area is 221 Å². The number of thioether (sulfide) groups is 1. The number of rotatable bonds is 9. The van der Waals surface area contributed by atoms with Crippen molar-refractivity contribution in [3.63, 3.8) is 0 Å². The van der Waals surface area contributed by atoms with Crippen LogP contribution < -0.4 is 14.8 Å². The van der Waals surface area contributed by atoms with Crippen molar-refractivity contribution in [2.75, 3.05) is 25.3 Å². The first-order chi connectivity index (χ1) is 18.0. The largest absolute Gasteiger partial charge is 0.497 e. The molecule has 3 aromatic carbocycles. The van der Waals surface area contributed by atoms with E-state index in [1.165, 1.54) is 11.8 Å². The summed E-state index contributed by atoms with van der Waals surface area (Å²) in [6, 6.07) is 27.2. The third-order valence-corrected chi connectivity index (χ3v) is 6.83. The highest BCUT2D eigenvalue weighted by atomic mass is 32.2. The Bertz CT molecular complexity index is 1450. The van der Waals surface area contributed by atoms with Gasteiger partial charge in [0.2, 0.25) is 5.91 Å². The molecule has 6 nitrogen and oxygen atoms in total. The van der Waals surface area contributed by atoms with Crippen LogP contribution in [0.25, 0.3) is 22.4 Å². The van der Waals surface area contributed by atoms with Gasteiger partial charge >= 0.3 is 0 Å². The van der Waals surface area contributed by atoms with E-state index in [-0.39, 0.29) is 12.3 Å². The molecule has 0 bridgehead atoms. The number of carbonyl (C=O) groups excluding carboxylic acids is 1. The van der Waals surface area contributed by atoms with Gasteiger partial charge in [-0.15, -0.1) is 11.8 Å². The molecule has 0 fully saturated rings. The zero-order valence-electron chi connectivity index (χ0n) is 20.9. The molecule has 1 heterocycles. The van der Waals surface area contributed by atoms with E-state index < -0.39 is 0 Å². The molecule has 37 heavy (non-hydrogen) atoms. The average molecular weight is 510 g/mol. The number of ether oxygens (including phenoxy) is 2. The molecular formula is C30H27N3O3S. The Morgan fingerprint density at radius 1 is 0.973 bits per heavy atom. The number of hydrogen-bond acceptors (Lipinski definition) is 6. The molecule has 1 N–H and O–H groups in total. The fourth-order valence-corrected chi connectivity index (χ4v) is 4.84. The lowest BCUT2D eigenvalue weighted by Crippen LogP contribution is -2.13. The molecule has 0 aliphatic heterocycles. The molecule has 186 valence electrons. The number of hydrogen-bond donors (Lipinski definition) is 1. The molecule has 0 unspecified atom stereocenters. The maximum absolute atomic E-state index is 12.6. The molecule has 4 aromatic rings. The zero-order valence-corrected chi connectivity index (χ0v) is 21.8. The number of aryl methyl sites for hydroxylation is 1. The second-order valence-electron chi connectivity index (χ2n) is 8.24. The van der Waals surface area contributed by atoms with Crippen molar-refractivity contribution in [1.82, 2.24) is 4.98 Å². The van der Waals surface area contributed by atoms with Crippen LogP contribution in [0.3, 0.4) is 0 Å². The minimum Gasteiger partial charge on any atom is -0.497 e. The summed E-state index contributed by atoms with van der Waals surface area (Å²) in [7, 11) is 3.20. The molecular weight excluding hydrogens is 482 g/mol. The normalized spacial score (nSPS) is 10.4. The smallest absolute Gasteiger partial charge is 0.225 e. The maximum Gasteiger partial charge on any atom is 0.225 e. The summed E-state index contributed by atoms with van der Waals surface area (Å²) in [5.74, 6) is 1.65. The molecule has 0 saturated carbocycles. The monoisotopic (exact) mass is 509 g/mol. The van der Waals surface area contributed by atoms with Crippen LogP contribution in [-0.2, 0) is 4.79 Å². The van der Waals surface area contributed by atoms with Crippen molar-refractivity contribution in [2.45, 2.75) is 18.4 Å². The quantitative estimate of drug-likeness (QED) is 0.252. The van der Waals surface area contributed by atoms with Gasteiger partial charge in [-0.05, 0) is 42.8 Å². The number of carbonyl (C=O) groups is 1. The van der Waals surface area contributed by atoms with Crippen LogP contribution >= 0.6 is 11.8 Å². The van der Waals surface area contributed by atoms with Gasteiger partial charge in [-0.25, -0.2) is 4.98 Å². The van der Waals surface area contributed by atoms with Gasteiger partial charge in [0.1, 0.15) is 22.6 Å². The van der Waals surface area contributed by atoms with Crippen LogP contribution in [0.5, 0.6) is 11.5 Å². The molecule has 0 saturated heterocycles. The molecule has 4 rings (SSSR count). The fraction of sp³-hybridized carbons (Fsp3) is 0.167. The lowest BCUT2D eigenvalue weighted by molar-refractivity contribution is -0.115. The summed E-state index contributed by atoms with van der Waals surface area (Å²) in [4.78, 5) is 17.4. The number of nitriles is 1. The first kappa shape index (κ1) is 25.8. The van der Waals surface area contributed by atoms with Crippen LogP contribution in [0.4, 0.5) is 5.69 Å². The van der Waals surface area contributed by atoms with Gasteiger partial charge in [0, 0.05) is 34.6 Å². The third-order valence-electron chi connectivity index (χ3n) is 5.85. The van der Waals surface area contributed by atoms with Gasteiger partial charge in [-0.1, -0.05) is 48.5 Å². The van der Waals surface area contributed by atoms with E-state index >= 15 is 0 Å². The highest BCUT2D eigenvalue weighted by Crippen LogP contribution is 2.40. The standard InChI is InChI=1S/C30H27N3O3S/c1-20-9-7-8-12-26(20)32-29(34)15-16-37-30-25(19-31)23(18-27(33-30)21-10-5-4-6-11-21)24-17-22(35-2)13-14-28(24)36-3/h4-14,17-18H,15-16H2,1-3H3,(H,32,34). The van der Waals surface area contributed by atoms with E-state index in [9.17, 15) is 10.1 Å². The summed E-state index contributed by atoms with van der Waals surface area (Å²) in [6.07, 6.45) is 0.277.